The van der Waals surface area contributed by atoms with Crippen molar-refractivity contribution in [1.82, 2.24) is 24.9 Å². The van der Waals surface area contributed by atoms with Crippen LogP contribution in [0.2, 0.25) is 0 Å². The lowest BCUT2D eigenvalue weighted by molar-refractivity contribution is -0.123. The zero-order chi connectivity index (χ0) is 18.6. The van der Waals surface area contributed by atoms with Crippen LogP contribution < -0.4 is 10.9 Å². The molecule has 2 N–H and O–H groups in total. The highest BCUT2D eigenvalue weighted by Crippen LogP contribution is 2.08. The van der Waals surface area contributed by atoms with Crippen molar-refractivity contribution in [3.8, 4) is 5.82 Å². The number of rotatable bonds is 7. The molecule has 2 atom stereocenters. The molecule has 2 heterocycles. The summed E-state index contributed by atoms with van der Waals surface area (Å²) in [7, 11) is 0. The van der Waals surface area contributed by atoms with E-state index in [1.807, 2.05) is 33.8 Å². The second-order valence-electron chi connectivity index (χ2n) is 6.27. The highest BCUT2D eigenvalue weighted by molar-refractivity contribution is 5.76. The molecule has 0 spiro atoms. The van der Waals surface area contributed by atoms with Crippen molar-refractivity contribution in [2.75, 3.05) is 6.61 Å². The van der Waals surface area contributed by atoms with E-state index in [-0.39, 0.29) is 36.6 Å². The standard InChI is InChI=1S/C17H25N5O3/c1-5-11(2)14(10-23)18-16(24)9-21-17(25)7-6-15(20-21)22-13(4)8-12(3)19-22/h6-8,11,14,23H,5,9-10H2,1-4H3,(H,18,24)/t11-,14-/m0/s1. The van der Waals surface area contributed by atoms with E-state index in [9.17, 15) is 14.7 Å². The van der Waals surface area contributed by atoms with E-state index >= 15 is 0 Å². The highest BCUT2D eigenvalue weighted by atomic mass is 16.3. The van der Waals surface area contributed by atoms with E-state index < -0.39 is 0 Å². The van der Waals surface area contributed by atoms with E-state index in [1.54, 1.807) is 10.7 Å². The van der Waals surface area contributed by atoms with Crippen LogP contribution in [0.4, 0.5) is 0 Å². The van der Waals surface area contributed by atoms with Gasteiger partial charge in [-0.1, -0.05) is 20.3 Å². The lowest BCUT2D eigenvalue weighted by atomic mass is 10.00. The lowest BCUT2D eigenvalue weighted by Crippen LogP contribution is -2.44. The number of amides is 1. The van der Waals surface area contributed by atoms with Gasteiger partial charge in [-0.25, -0.2) is 9.36 Å². The number of hydrogen-bond donors (Lipinski definition) is 2. The summed E-state index contributed by atoms with van der Waals surface area (Å²) in [5.74, 6) is 0.248. The Morgan fingerprint density at radius 2 is 2.04 bits per heavy atom. The van der Waals surface area contributed by atoms with Crippen LogP contribution in [0.25, 0.3) is 5.82 Å². The molecule has 2 aromatic heterocycles. The largest absolute Gasteiger partial charge is 0.394 e. The number of hydrogen-bond acceptors (Lipinski definition) is 5. The molecule has 0 bridgehead atoms. The van der Waals surface area contributed by atoms with Gasteiger partial charge < -0.3 is 10.4 Å². The van der Waals surface area contributed by atoms with E-state index in [0.29, 0.717) is 5.82 Å². The maximum atomic E-state index is 12.2. The summed E-state index contributed by atoms with van der Waals surface area (Å²) in [4.78, 5) is 24.2. The Morgan fingerprint density at radius 3 is 2.60 bits per heavy atom. The number of carbonyl (C=O) groups excluding carboxylic acids is 1. The van der Waals surface area contributed by atoms with Crippen molar-refractivity contribution in [3.63, 3.8) is 0 Å². The topological polar surface area (TPSA) is 102 Å². The minimum atomic E-state index is -0.371. The van der Waals surface area contributed by atoms with Crippen LogP contribution in [0.15, 0.2) is 23.0 Å². The first-order valence-electron chi connectivity index (χ1n) is 8.37. The quantitative estimate of drug-likeness (QED) is 0.762. The zero-order valence-corrected chi connectivity index (χ0v) is 15.1. The number of aryl methyl sites for hydroxylation is 2. The third kappa shape index (κ3) is 4.54. The molecule has 25 heavy (non-hydrogen) atoms. The third-order valence-corrected chi connectivity index (χ3v) is 4.25. The van der Waals surface area contributed by atoms with Crippen LogP contribution in [0.3, 0.4) is 0 Å². The van der Waals surface area contributed by atoms with Gasteiger partial charge in [0.1, 0.15) is 6.54 Å². The maximum Gasteiger partial charge on any atom is 0.267 e. The van der Waals surface area contributed by atoms with Gasteiger partial charge in [0.15, 0.2) is 5.82 Å². The molecule has 136 valence electrons. The summed E-state index contributed by atoms with van der Waals surface area (Å²) in [6.07, 6.45) is 0.830. The van der Waals surface area contributed by atoms with Crippen molar-refractivity contribution in [2.24, 2.45) is 5.92 Å². The summed E-state index contributed by atoms with van der Waals surface area (Å²) in [6.45, 7) is 7.35. The molecule has 0 radical (unpaired) electrons. The Bertz CT molecular complexity index is 796. The lowest BCUT2D eigenvalue weighted by Gasteiger charge is -2.22. The fourth-order valence-electron chi connectivity index (χ4n) is 2.57. The first-order valence-corrected chi connectivity index (χ1v) is 8.37. The predicted octanol–water partition coefficient (Wildman–Crippen LogP) is 0.569. The van der Waals surface area contributed by atoms with Crippen LogP contribution in [0.1, 0.15) is 31.7 Å². The number of aliphatic hydroxyl groups is 1. The Balaban J connectivity index is 2.19. The molecular formula is C17H25N5O3. The molecule has 1 amide bonds. The zero-order valence-electron chi connectivity index (χ0n) is 15.1. The van der Waals surface area contributed by atoms with Crippen molar-refractivity contribution in [1.29, 1.82) is 0 Å². The van der Waals surface area contributed by atoms with Gasteiger partial charge in [0, 0.05) is 11.8 Å². The fraction of sp³-hybridized carbons (Fsp3) is 0.529. The smallest absolute Gasteiger partial charge is 0.267 e. The van der Waals surface area contributed by atoms with E-state index in [4.69, 9.17) is 0 Å². The number of aliphatic hydroxyl groups excluding tert-OH is 1. The average molecular weight is 347 g/mol. The Labute approximate surface area is 146 Å². The molecular weight excluding hydrogens is 322 g/mol. The van der Waals surface area contributed by atoms with Crippen LogP contribution in [-0.4, -0.2) is 43.2 Å². The first-order chi connectivity index (χ1) is 11.8. The molecule has 0 aliphatic heterocycles. The molecule has 0 aliphatic rings. The molecule has 2 aromatic rings. The monoisotopic (exact) mass is 347 g/mol. The average Bonchev–Trinajstić information content (AvgIpc) is 2.92. The van der Waals surface area contributed by atoms with E-state index in [1.165, 1.54) is 6.07 Å². The summed E-state index contributed by atoms with van der Waals surface area (Å²) in [6, 6.07) is 4.50. The van der Waals surface area contributed by atoms with Gasteiger partial charge in [-0.2, -0.15) is 5.10 Å². The van der Waals surface area contributed by atoms with E-state index in [0.717, 1.165) is 22.5 Å². The highest BCUT2D eigenvalue weighted by Gasteiger charge is 2.18. The van der Waals surface area contributed by atoms with Crippen molar-refractivity contribution in [3.05, 3.63) is 39.9 Å². The SMILES string of the molecule is CC[C@H](C)[C@H](CO)NC(=O)Cn1nc(-n2nc(C)cc2C)ccc1=O. The van der Waals surface area contributed by atoms with Crippen LogP contribution in [0.5, 0.6) is 0 Å². The normalized spacial score (nSPS) is 13.5. The summed E-state index contributed by atoms with van der Waals surface area (Å²) in [5.41, 5.74) is 1.36. The van der Waals surface area contributed by atoms with Crippen LogP contribution in [-0.2, 0) is 11.3 Å². The molecule has 0 aliphatic carbocycles. The third-order valence-electron chi connectivity index (χ3n) is 4.25. The Morgan fingerprint density at radius 1 is 1.32 bits per heavy atom. The molecule has 8 nitrogen and oxygen atoms in total. The van der Waals surface area contributed by atoms with Gasteiger partial charge >= 0.3 is 0 Å². The first kappa shape index (κ1) is 18.9. The maximum absolute atomic E-state index is 12.2. The molecule has 0 fully saturated rings. The molecule has 0 saturated heterocycles. The summed E-state index contributed by atoms with van der Waals surface area (Å²) >= 11 is 0. The van der Waals surface area contributed by atoms with Crippen LogP contribution >= 0.6 is 0 Å². The molecule has 2 rings (SSSR count). The van der Waals surface area contributed by atoms with Crippen molar-refractivity contribution in [2.45, 2.75) is 46.7 Å². The van der Waals surface area contributed by atoms with Crippen molar-refractivity contribution < 1.29 is 9.90 Å². The number of nitrogens with one attached hydrogen (secondary N) is 1. The van der Waals surface area contributed by atoms with E-state index in [2.05, 4.69) is 15.5 Å². The van der Waals surface area contributed by atoms with Gasteiger partial charge in [-0.3, -0.25) is 9.59 Å². The number of carbonyl (C=O) groups is 1. The summed E-state index contributed by atoms with van der Waals surface area (Å²) in [5, 5.41) is 20.7. The summed E-state index contributed by atoms with van der Waals surface area (Å²) < 4.78 is 2.73. The molecule has 8 heteroatoms. The number of aromatic nitrogens is 4. The van der Waals surface area contributed by atoms with Gasteiger partial charge in [0.2, 0.25) is 5.91 Å². The van der Waals surface area contributed by atoms with Gasteiger partial charge in [0.25, 0.3) is 5.56 Å². The minimum Gasteiger partial charge on any atom is -0.394 e. The number of nitrogens with zero attached hydrogens (tertiary/aromatic N) is 4. The predicted molar refractivity (Wildman–Crippen MR) is 93.6 cm³/mol. The van der Waals surface area contributed by atoms with Gasteiger partial charge in [-0.15, -0.1) is 5.10 Å². The Kier molecular flexibility index (Phi) is 6.08. The Hall–Kier alpha value is -2.48. The minimum absolute atomic E-state index is 0.139. The fourth-order valence-corrected chi connectivity index (χ4v) is 2.57. The second kappa shape index (κ2) is 8.06. The van der Waals surface area contributed by atoms with Crippen molar-refractivity contribution >= 4 is 5.91 Å². The molecule has 0 saturated carbocycles. The molecule has 0 aromatic carbocycles. The van der Waals surface area contributed by atoms with Gasteiger partial charge in [-0.05, 0) is 31.9 Å². The molecule has 0 unspecified atom stereocenters. The second-order valence-corrected chi connectivity index (χ2v) is 6.27. The van der Waals surface area contributed by atoms with Crippen LogP contribution in [0, 0.1) is 19.8 Å². The van der Waals surface area contributed by atoms with Gasteiger partial charge in [0.05, 0.1) is 18.3 Å².